The third-order valence-electron chi connectivity index (χ3n) is 4.43. The third kappa shape index (κ3) is 2.46. The highest BCUT2D eigenvalue weighted by Gasteiger charge is 2.59. The van der Waals surface area contributed by atoms with E-state index in [0.717, 1.165) is 6.08 Å². The van der Waals surface area contributed by atoms with Gasteiger partial charge in [-0.2, -0.15) is 0 Å². The van der Waals surface area contributed by atoms with Crippen LogP contribution < -0.4 is 14.2 Å². The molecule has 8 heteroatoms. The molecule has 1 aromatic rings. The van der Waals surface area contributed by atoms with E-state index in [9.17, 15) is 14.7 Å². The molecule has 1 spiro atoms. The lowest BCUT2D eigenvalue weighted by Crippen LogP contribution is -2.51. The van der Waals surface area contributed by atoms with Crippen molar-refractivity contribution in [3.63, 3.8) is 0 Å². The molecule has 0 aromatic heterocycles. The molecule has 0 bridgehead atoms. The van der Waals surface area contributed by atoms with Gasteiger partial charge in [0.15, 0.2) is 11.5 Å². The first kappa shape index (κ1) is 17.6. The molecule has 25 heavy (non-hydrogen) atoms. The van der Waals surface area contributed by atoms with Crippen LogP contribution in [0.25, 0.3) is 0 Å². The van der Waals surface area contributed by atoms with Crippen molar-refractivity contribution in [1.82, 2.24) is 0 Å². The maximum atomic E-state index is 13.1. The number of benzene rings is 1. The highest BCUT2D eigenvalue weighted by atomic mass is 35.5. The van der Waals surface area contributed by atoms with Crippen molar-refractivity contribution in [3.8, 4) is 17.2 Å². The molecule has 1 aromatic carbocycles. The predicted molar refractivity (Wildman–Crippen MR) is 87.8 cm³/mol. The van der Waals surface area contributed by atoms with Gasteiger partial charge in [-0.15, -0.1) is 0 Å². The van der Waals surface area contributed by atoms with Gasteiger partial charge in [0.25, 0.3) is 0 Å². The minimum absolute atomic E-state index is 0.00317. The third-order valence-corrected chi connectivity index (χ3v) is 4.79. The Hall–Kier alpha value is -2.25. The number of fused-ring (bicyclic) bond motifs is 1. The summed E-state index contributed by atoms with van der Waals surface area (Å²) in [5.74, 6) is -1.47. The zero-order chi connectivity index (χ0) is 18.4. The molecule has 3 rings (SSSR count). The van der Waals surface area contributed by atoms with Crippen molar-refractivity contribution in [1.29, 1.82) is 0 Å². The first-order valence-electron chi connectivity index (χ1n) is 7.68. The molecular formula is C17H17ClO7. The lowest BCUT2D eigenvalue weighted by molar-refractivity contribution is -0.118. The van der Waals surface area contributed by atoms with Gasteiger partial charge in [0.1, 0.15) is 34.5 Å². The number of halogens is 1. The summed E-state index contributed by atoms with van der Waals surface area (Å²) in [5, 5.41) is 19.3. The Morgan fingerprint density at radius 2 is 2.12 bits per heavy atom. The van der Waals surface area contributed by atoms with Gasteiger partial charge in [0.05, 0.1) is 13.7 Å². The first-order chi connectivity index (χ1) is 11.9. The van der Waals surface area contributed by atoms with Gasteiger partial charge >= 0.3 is 0 Å². The van der Waals surface area contributed by atoms with E-state index < -0.39 is 23.1 Å². The second-order valence-electron chi connectivity index (χ2n) is 5.94. The Balaban J connectivity index is 2.17. The fraction of sp³-hybridized carbons (Fsp3) is 0.412. The van der Waals surface area contributed by atoms with Crippen LogP contribution >= 0.6 is 11.6 Å². The second-order valence-corrected chi connectivity index (χ2v) is 6.31. The van der Waals surface area contributed by atoms with Gasteiger partial charge in [-0.25, -0.2) is 0 Å². The fourth-order valence-electron chi connectivity index (χ4n) is 3.22. The maximum Gasteiger partial charge on any atom is 0.230 e. The van der Waals surface area contributed by atoms with Gasteiger partial charge in [-0.1, -0.05) is 18.5 Å². The highest BCUT2D eigenvalue weighted by molar-refractivity contribution is 6.35. The van der Waals surface area contributed by atoms with Gasteiger partial charge in [-0.3, -0.25) is 9.59 Å². The van der Waals surface area contributed by atoms with Gasteiger partial charge in [0.2, 0.25) is 11.4 Å². The Bertz CT molecular complexity index is 786. The summed E-state index contributed by atoms with van der Waals surface area (Å²) in [6.07, 6.45) is 1.06. The molecule has 134 valence electrons. The van der Waals surface area contributed by atoms with E-state index in [1.165, 1.54) is 13.2 Å². The Kier molecular flexibility index (Phi) is 4.38. The summed E-state index contributed by atoms with van der Waals surface area (Å²) in [4.78, 5) is 24.8. The maximum absolute atomic E-state index is 13.1. The average molecular weight is 369 g/mol. The lowest BCUT2D eigenvalue weighted by Gasteiger charge is -2.34. The largest absolute Gasteiger partial charge is 0.507 e. The topological polar surface area (TPSA) is 102 Å². The molecule has 7 nitrogen and oxygen atoms in total. The van der Waals surface area contributed by atoms with Gasteiger partial charge in [0, 0.05) is 24.5 Å². The lowest BCUT2D eigenvalue weighted by atomic mass is 9.75. The monoisotopic (exact) mass is 368 g/mol. The van der Waals surface area contributed by atoms with E-state index in [1.54, 1.807) is 6.92 Å². The van der Waals surface area contributed by atoms with Crippen LogP contribution in [-0.2, 0) is 4.79 Å². The number of carbonyl (C=O) groups excluding carboxylic acids is 2. The highest BCUT2D eigenvalue weighted by Crippen LogP contribution is 2.53. The normalized spacial score (nSPS) is 24.8. The second kappa shape index (κ2) is 6.24. The standard InChI is InChI=1S/C17H17ClO7/c1-8-5-9(20)6-12(21)17(8)16(22)13-10(23-2)7-11(24-4-3-19)14(18)15(13)25-17/h6-8,19,21H,3-5H2,1-2H3/t8-,17+/m1/s1. The van der Waals surface area contributed by atoms with E-state index in [1.807, 2.05) is 0 Å². The summed E-state index contributed by atoms with van der Waals surface area (Å²) in [7, 11) is 1.38. The number of hydrogen-bond acceptors (Lipinski definition) is 7. The fourth-order valence-corrected chi connectivity index (χ4v) is 3.47. The number of ketones is 2. The van der Waals surface area contributed by atoms with E-state index in [2.05, 4.69) is 0 Å². The van der Waals surface area contributed by atoms with Crippen LogP contribution in [0.15, 0.2) is 17.9 Å². The SMILES string of the molecule is COc1cc(OCCO)c(Cl)c2c1C(=O)[C@@]1(O2)C(O)=CC(=O)C[C@H]1C. The van der Waals surface area contributed by atoms with Crippen molar-refractivity contribution in [3.05, 3.63) is 28.5 Å². The summed E-state index contributed by atoms with van der Waals surface area (Å²) in [6.45, 7) is 1.42. The molecule has 0 saturated carbocycles. The number of ether oxygens (including phenoxy) is 3. The molecular weight excluding hydrogens is 352 g/mol. The number of methoxy groups -OCH3 is 1. The summed E-state index contributed by atoms with van der Waals surface area (Å²) < 4.78 is 16.4. The molecule has 0 amide bonds. The molecule has 2 N–H and O–H groups in total. The van der Waals surface area contributed by atoms with E-state index >= 15 is 0 Å². The van der Waals surface area contributed by atoms with Crippen LogP contribution in [0.4, 0.5) is 0 Å². The van der Waals surface area contributed by atoms with Gasteiger partial charge < -0.3 is 24.4 Å². The smallest absolute Gasteiger partial charge is 0.230 e. The zero-order valence-corrected chi connectivity index (χ0v) is 14.4. The molecule has 0 saturated heterocycles. The van der Waals surface area contributed by atoms with Crippen molar-refractivity contribution in [2.45, 2.75) is 18.9 Å². The minimum atomic E-state index is -1.71. The molecule has 2 aliphatic rings. The molecule has 0 unspecified atom stereocenters. The molecule has 1 heterocycles. The number of Topliss-reactive ketones (excluding diaryl/α,β-unsaturated/α-hetero) is 1. The number of carbonyl (C=O) groups is 2. The summed E-state index contributed by atoms with van der Waals surface area (Å²) >= 11 is 6.30. The van der Waals surface area contributed by atoms with Crippen molar-refractivity contribution < 1.29 is 34.0 Å². The molecule has 0 radical (unpaired) electrons. The Labute approximate surface area is 148 Å². The Morgan fingerprint density at radius 3 is 2.72 bits per heavy atom. The number of aliphatic hydroxyl groups excluding tert-OH is 2. The predicted octanol–water partition coefficient (Wildman–Crippen LogP) is 2.08. The van der Waals surface area contributed by atoms with Crippen LogP contribution in [0.1, 0.15) is 23.7 Å². The Morgan fingerprint density at radius 1 is 1.40 bits per heavy atom. The van der Waals surface area contributed by atoms with E-state index in [4.69, 9.17) is 30.9 Å². The summed E-state index contributed by atoms with van der Waals surface area (Å²) in [5.41, 5.74) is -1.62. The summed E-state index contributed by atoms with van der Waals surface area (Å²) in [6, 6.07) is 1.43. The first-order valence-corrected chi connectivity index (χ1v) is 8.06. The number of aliphatic hydroxyl groups is 2. The zero-order valence-electron chi connectivity index (χ0n) is 13.7. The minimum Gasteiger partial charge on any atom is -0.507 e. The van der Waals surface area contributed by atoms with Crippen LogP contribution in [0.5, 0.6) is 17.2 Å². The van der Waals surface area contributed by atoms with Crippen molar-refractivity contribution in [2.24, 2.45) is 5.92 Å². The van der Waals surface area contributed by atoms with E-state index in [-0.39, 0.29) is 53.3 Å². The van der Waals surface area contributed by atoms with Crippen molar-refractivity contribution >= 4 is 23.2 Å². The van der Waals surface area contributed by atoms with E-state index in [0.29, 0.717) is 0 Å². The number of hydrogen-bond donors (Lipinski definition) is 2. The number of allylic oxidation sites excluding steroid dienone is 1. The quantitative estimate of drug-likeness (QED) is 0.838. The molecule has 1 aliphatic heterocycles. The van der Waals surface area contributed by atoms with Crippen LogP contribution in [0, 0.1) is 5.92 Å². The molecule has 2 atom stereocenters. The van der Waals surface area contributed by atoms with Crippen LogP contribution in [0.3, 0.4) is 0 Å². The molecule has 1 aliphatic carbocycles. The average Bonchev–Trinajstić information content (AvgIpc) is 2.88. The van der Waals surface area contributed by atoms with Crippen LogP contribution in [0.2, 0.25) is 5.02 Å². The van der Waals surface area contributed by atoms with Crippen molar-refractivity contribution in [2.75, 3.05) is 20.3 Å². The number of rotatable bonds is 4. The van der Waals surface area contributed by atoms with Gasteiger partial charge in [-0.05, 0) is 0 Å². The molecule has 0 fully saturated rings. The van der Waals surface area contributed by atoms with Crippen LogP contribution in [-0.4, -0.2) is 47.7 Å².